The highest BCUT2D eigenvalue weighted by molar-refractivity contribution is 5.82. The Labute approximate surface area is 143 Å². The first-order valence-electron chi connectivity index (χ1n) is 6.81. The molecule has 0 aliphatic carbocycles. The van der Waals surface area contributed by atoms with Gasteiger partial charge in [0, 0.05) is 0 Å². The predicted molar refractivity (Wildman–Crippen MR) is 92.9 cm³/mol. The number of nitrogens with two attached hydrogens (primary N) is 2. The minimum Gasteiger partial charge on any atom is -0.412 e. The summed E-state index contributed by atoms with van der Waals surface area (Å²) < 4.78 is 0. The minimum absolute atomic E-state index is 0. The van der Waals surface area contributed by atoms with E-state index in [9.17, 15) is 4.79 Å². The third-order valence-electron chi connectivity index (χ3n) is 2.49. The fourth-order valence-corrected chi connectivity index (χ4v) is 1.54. The quantitative estimate of drug-likeness (QED) is 0.351. The molecule has 0 unspecified atom stereocenters. The smallest absolute Gasteiger partial charge is 0.412 e. The molecule has 2 aromatic rings. The van der Waals surface area contributed by atoms with Crippen molar-refractivity contribution >= 4 is 29.4 Å². The maximum atomic E-state index is 11.4. The van der Waals surface area contributed by atoms with Crippen molar-refractivity contribution in [1.29, 1.82) is 0 Å². The van der Waals surface area contributed by atoms with Crippen LogP contribution in [-0.2, 0) is 9.68 Å². The molecule has 132 valence electrons. The van der Waals surface area contributed by atoms with Gasteiger partial charge in [0.2, 0.25) is 11.9 Å². The summed E-state index contributed by atoms with van der Waals surface area (Å²) in [5.74, 6) is -0.242. The van der Waals surface area contributed by atoms with Crippen LogP contribution in [0.1, 0.15) is 0 Å². The molecule has 0 fully saturated rings. The standard InChI is InChI=1S/C15H16N6O3.H2O/c16-13(18-11-7-3-1-4-8-11)20-23-15(22)24-21-14(17)19-12-9-5-2-6-10-12;/h1-10H,(H3,16,18,20)(H3,17,19,21);1H2. The monoisotopic (exact) mass is 346 g/mol. The number of carbonyl (C=O) groups is 1. The normalized spacial score (nSPS) is 11.0. The lowest BCUT2D eigenvalue weighted by atomic mass is 10.3. The Kier molecular flexibility index (Phi) is 7.76. The Morgan fingerprint density at radius 1 is 0.760 bits per heavy atom. The van der Waals surface area contributed by atoms with Crippen LogP contribution in [0.4, 0.5) is 16.2 Å². The number of hydrogen-bond donors (Lipinski definition) is 4. The number of rotatable bonds is 2. The fourth-order valence-electron chi connectivity index (χ4n) is 1.54. The van der Waals surface area contributed by atoms with Crippen molar-refractivity contribution in [1.82, 2.24) is 11.0 Å². The van der Waals surface area contributed by atoms with Crippen LogP contribution in [0.25, 0.3) is 0 Å². The first-order valence-corrected chi connectivity index (χ1v) is 6.81. The van der Waals surface area contributed by atoms with Gasteiger partial charge in [-0.2, -0.15) is 15.8 Å². The molecule has 0 aliphatic rings. The van der Waals surface area contributed by atoms with Crippen molar-refractivity contribution in [2.24, 2.45) is 21.5 Å². The molecule has 2 rings (SSSR count). The Morgan fingerprint density at radius 3 is 1.48 bits per heavy atom. The van der Waals surface area contributed by atoms with Gasteiger partial charge in [-0.25, -0.2) is 9.98 Å². The number of benzene rings is 2. The SMILES string of the molecule is NC(=Nc1ccccc1)NOC(=O)ONC(N)=Nc1ccccc1.O. The zero-order valence-electron chi connectivity index (χ0n) is 13.0. The number of hydrogen-bond acceptors (Lipinski definition) is 5. The fraction of sp³-hybridized carbons (Fsp3) is 0. The largest absolute Gasteiger partial charge is 0.558 e. The second kappa shape index (κ2) is 10.1. The van der Waals surface area contributed by atoms with E-state index in [1.165, 1.54) is 0 Å². The molecule has 0 bridgehead atoms. The summed E-state index contributed by atoms with van der Waals surface area (Å²) in [4.78, 5) is 28.4. The van der Waals surface area contributed by atoms with E-state index >= 15 is 0 Å². The molecule has 0 aliphatic heterocycles. The van der Waals surface area contributed by atoms with Gasteiger partial charge in [-0.3, -0.25) is 0 Å². The maximum absolute atomic E-state index is 11.4. The summed E-state index contributed by atoms with van der Waals surface area (Å²) in [7, 11) is 0. The Balaban J connectivity index is 0.00000312. The van der Waals surface area contributed by atoms with Gasteiger partial charge >= 0.3 is 6.16 Å². The second-order valence-corrected chi connectivity index (χ2v) is 4.32. The molecule has 10 nitrogen and oxygen atoms in total. The van der Waals surface area contributed by atoms with Gasteiger partial charge in [0.1, 0.15) is 0 Å². The van der Waals surface area contributed by atoms with Gasteiger partial charge in [0.15, 0.2) is 0 Å². The van der Waals surface area contributed by atoms with Crippen LogP contribution in [0.15, 0.2) is 70.6 Å². The van der Waals surface area contributed by atoms with E-state index in [0.29, 0.717) is 11.4 Å². The van der Waals surface area contributed by atoms with E-state index < -0.39 is 6.16 Å². The van der Waals surface area contributed by atoms with Crippen LogP contribution in [0.2, 0.25) is 0 Å². The summed E-state index contributed by atoms with van der Waals surface area (Å²) in [6, 6.07) is 17.8. The molecule has 8 N–H and O–H groups in total. The van der Waals surface area contributed by atoms with E-state index in [1.807, 2.05) is 12.1 Å². The minimum atomic E-state index is -1.12. The number of para-hydroxylation sites is 2. The predicted octanol–water partition coefficient (Wildman–Crippen LogP) is 0.617. The van der Waals surface area contributed by atoms with E-state index in [0.717, 1.165) is 0 Å². The topological polar surface area (TPSA) is 168 Å². The molecule has 0 radical (unpaired) electrons. The highest BCUT2D eigenvalue weighted by Gasteiger charge is 2.06. The van der Waals surface area contributed by atoms with Crippen molar-refractivity contribution in [3.05, 3.63) is 60.7 Å². The summed E-state index contributed by atoms with van der Waals surface area (Å²) >= 11 is 0. The van der Waals surface area contributed by atoms with Crippen LogP contribution in [-0.4, -0.2) is 23.6 Å². The van der Waals surface area contributed by atoms with Gasteiger partial charge in [0.25, 0.3) is 0 Å². The van der Waals surface area contributed by atoms with Gasteiger partial charge < -0.3 is 26.6 Å². The van der Waals surface area contributed by atoms with Crippen molar-refractivity contribution in [2.75, 3.05) is 0 Å². The van der Waals surface area contributed by atoms with Gasteiger partial charge in [-0.1, -0.05) is 36.4 Å². The molecule has 0 atom stereocenters. The highest BCUT2D eigenvalue weighted by atomic mass is 16.9. The molecule has 0 saturated carbocycles. The van der Waals surface area contributed by atoms with Gasteiger partial charge in [-0.15, -0.1) is 0 Å². The molecule has 0 spiro atoms. The number of guanidine groups is 2. The van der Waals surface area contributed by atoms with Crippen molar-refractivity contribution in [3.63, 3.8) is 0 Å². The molecular formula is C15H18N6O4. The van der Waals surface area contributed by atoms with Crippen LogP contribution < -0.4 is 22.4 Å². The van der Waals surface area contributed by atoms with E-state index in [1.54, 1.807) is 48.5 Å². The first-order chi connectivity index (χ1) is 11.6. The number of carbonyl (C=O) groups excluding carboxylic acids is 1. The number of nitrogens with zero attached hydrogens (tertiary/aromatic N) is 2. The summed E-state index contributed by atoms with van der Waals surface area (Å²) in [5, 5.41) is 0. The van der Waals surface area contributed by atoms with Crippen LogP contribution >= 0.6 is 0 Å². The van der Waals surface area contributed by atoms with Gasteiger partial charge in [-0.05, 0) is 24.3 Å². The summed E-state index contributed by atoms with van der Waals surface area (Å²) in [6.45, 7) is 0. The lowest BCUT2D eigenvalue weighted by Gasteiger charge is -2.07. The van der Waals surface area contributed by atoms with Gasteiger partial charge in [0.05, 0.1) is 11.4 Å². The zero-order chi connectivity index (χ0) is 17.2. The average molecular weight is 346 g/mol. The first kappa shape index (κ1) is 19.3. The third kappa shape index (κ3) is 7.34. The molecule has 2 aromatic carbocycles. The van der Waals surface area contributed by atoms with E-state index in [4.69, 9.17) is 11.5 Å². The Hall–Kier alpha value is -3.79. The lowest BCUT2D eigenvalue weighted by Crippen LogP contribution is -2.38. The van der Waals surface area contributed by atoms with Crippen molar-refractivity contribution < 1.29 is 19.9 Å². The Morgan fingerprint density at radius 2 is 1.12 bits per heavy atom. The molecule has 0 saturated heterocycles. The average Bonchev–Trinajstić information content (AvgIpc) is 2.60. The molecule has 0 aromatic heterocycles. The number of hydroxylamine groups is 2. The zero-order valence-corrected chi connectivity index (χ0v) is 13.0. The summed E-state index contributed by atoms with van der Waals surface area (Å²) in [5.41, 5.74) is 16.6. The maximum Gasteiger partial charge on any atom is 0.558 e. The number of aliphatic imine (C=N–C) groups is 2. The number of nitrogens with one attached hydrogen (secondary N) is 2. The van der Waals surface area contributed by atoms with E-state index in [-0.39, 0.29) is 17.4 Å². The lowest BCUT2D eigenvalue weighted by molar-refractivity contribution is 0.0179. The highest BCUT2D eigenvalue weighted by Crippen LogP contribution is 2.09. The molecule has 0 amide bonds. The molecule has 10 heteroatoms. The second-order valence-electron chi connectivity index (χ2n) is 4.32. The van der Waals surface area contributed by atoms with Crippen molar-refractivity contribution in [3.8, 4) is 0 Å². The van der Waals surface area contributed by atoms with Crippen molar-refractivity contribution in [2.45, 2.75) is 0 Å². The van der Waals surface area contributed by atoms with Crippen LogP contribution in [0.3, 0.4) is 0 Å². The van der Waals surface area contributed by atoms with Crippen LogP contribution in [0, 0.1) is 0 Å². The van der Waals surface area contributed by atoms with E-state index in [2.05, 4.69) is 30.6 Å². The summed E-state index contributed by atoms with van der Waals surface area (Å²) in [6.07, 6.45) is -1.12. The molecular weight excluding hydrogens is 328 g/mol. The third-order valence-corrected chi connectivity index (χ3v) is 2.49. The molecule has 0 heterocycles. The Bertz CT molecular complexity index is 660. The molecule has 25 heavy (non-hydrogen) atoms. The van der Waals surface area contributed by atoms with Crippen LogP contribution in [0.5, 0.6) is 0 Å².